The SMILES string of the molecule is CC(C)NC(=O)O[C@@H]1CO[C@H](c2cc(NC(=O)Cc3ccc(C(F)(F)F)cc3)n[nH]2)C1. The van der Waals surface area contributed by atoms with E-state index >= 15 is 0 Å². The number of H-pyrrole nitrogens is 1. The molecule has 3 N–H and O–H groups in total. The van der Waals surface area contributed by atoms with Crippen LogP contribution in [0.3, 0.4) is 0 Å². The molecule has 0 bridgehead atoms. The zero-order chi connectivity index (χ0) is 22.6. The molecular weight excluding hydrogens is 417 g/mol. The van der Waals surface area contributed by atoms with Crippen molar-refractivity contribution in [2.75, 3.05) is 11.9 Å². The van der Waals surface area contributed by atoms with Gasteiger partial charge in [-0.15, -0.1) is 0 Å². The van der Waals surface area contributed by atoms with E-state index in [2.05, 4.69) is 20.8 Å². The molecule has 31 heavy (non-hydrogen) atoms. The van der Waals surface area contributed by atoms with Crippen molar-refractivity contribution >= 4 is 17.8 Å². The maximum Gasteiger partial charge on any atom is 0.416 e. The van der Waals surface area contributed by atoms with E-state index in [1.165, 1.54) is 12.1 Å². The Morgan fingerprint density at radius 2 is 2.00 bits per heavy atom. The minimum Gasteiger partial charge on any atom is -0.444 e. The molecule has 1 aromatic carbocycles. The first-order valence-electron chi connectivity index (χ1n) is 9.70. The molecule has 1 aliphatic heterocycles. The van der Waals surface area contributed by atoms with Crippen molar-refractivity contribution in [2.45, 2.75) is 51.1 Å². The smallest absolute Gasteiger partial charge is 0.416 e. The lowest BCUT2D eigenvalue weighted by atomic mass is 10.1. The number of amides is 2. The third kappa shape index (κ3) is 6.45. The van der Waals surface area contributed by atoms with Crippen molar-refractivity contribution < 1.29 is 32.2 Å². The quantitative estimate of drug-likeness (QED) is 0.637. The Bertz CT molecular complexity index is 912. The number of carbonyl (C=O) groups is 2. The number of aromatic nitrogens is 2. The monoisotopic (exact) mass is 440 g/mol. The number of ether oxygens (including phenoxy) is 2. The van der Waals surface area contributed by atoms with E-state index in [1.807, 2.05) is 13.8 Å². The van der Waals surface area contributed by atoms with Crippen LogP contribution < -0.4 is 10.6 Å². The molecular formula is C20H23F3N4O4. The highest BCUT2D eigenvalue weighted by Crippen LogP contribution is 2.31. The molecule has 2 aromatic rings. The van der Waals surface area contributed by atoms with Crippen molar-refractivity contribution in [3.05, 3.63) is 47.2 Å². The van der Waals surface area contributed by atoms with Crippen LogP contribution >= 0.6 is 0 Å². The Balaban J connectivity index is 1.49. The van der Waals surface area contributed by atoms with Crippen LogP contribution in [0.15, 0.2) is 30.3 Å². The number of alkyl carbamates (subject to hydrolysis) is 1. The lowest BCUT2D eigenvalue weighted by molar-refractivity contribution is -0.137. The zero-order valence-electron chi connectivity index (χ0n) is 17.0. The summed E-state index contributed by atoms with van der Waals surface area (Å²) < 4.78 is 48.7. The van der Waals surface area contributed by atoms with Gasteiger partial charge >= 0.3 is 12.3 Å². The second kappa shape index (κ2) is 9.38. The number of benzene rings is 1. The normalized spacial score (nSPS) is 18.8. The number of halogens is 3. The fourth-order valence-corrected chi connectivity index (χ4v) is 3.07. The number of nitrogens with one attached hydrogen (secondary N) is 3. The predicted octanol–water partition coefficient (Wildman–Crippen LogP) is 3.57. The van der Waals surface area contributed by atoms with Crippen LogP contribution in [0.5, 0.6) is 0 Å². The summed E-state index contributed by atoms with van der Waals surface area (Å²) in [6, 6.07) is 5.97. The van der Waals surface area contributed by atoms with Gasteiger partial charge in [0.2, 0.25) is 5.91 Å². The Morgan fingerprint density at radius 3 is 2.65 bits per heavy atom. The standard InChI is InChI=1S/C20H23F3N4O4/c1-11(2)24-19(29)31-14-8-16(30-10-14)15-9-17(27-26-15)25-18(28)7-12-3-5-13(6-4-12)20(21,22)23/h3-6,9,11,14,16H,7-8,10H2,1-2H3,(H,24,29)(H2,25,26,27,28)/t14-,16-/m0/s1. The molecule has 2 amide bonds. The molecule has 11 heteroatoms. The topological polar surface area (TPSA) is 105 Å². The second-order valence-corrected chi connectivity index (χ2v) is 7.51. The van der Waals surface area contributed by atoms with Gasteiger partial charge in [0, 0.05) is 18.5 Å². The summed E-state index contributed by atoms with van der Waals surface area (Å²) in [6.45, 7) is 3.89. The number of alkyl halides is 3. The van der Waals surface area contributed by atoms with Crippen molar-refractivity contribution in [1.82, 2.24) is 15.5 Å². The summed E-state index contributed by atoms with van der Waals surface area (Å²) in [4.78, 5) is 23.9. The summed E-state index contributed by atoms with van der Waals surface area (Å²) in [7, 11) is 0. The number of hydrogen-bond donors (Lipinski definition) is 3. The summed E-state index contributed by atoms with van der Waals surface area (Å²) in [6.07, 6.45) is -5.36. The Morgan fingerprint density at radius 1 is 1.29 bits per heavy atom. The van der Waals surface area contributed by atoms with E-state index in [1.54, 1.807) is 6.07 Å². The maximum absolute atomic E-state index is 12.6. The first-order valence-corrected chi connectivity index (χ1v) is 9.70. The highest BCUT2D eigenvalue weighted by Gasteiger charge is 2.31. The van der Waals surface area contributed by atoms with Crippen LogP contribution in [-0.4, -0.2) is 41.0 Å². The maximum atomic E-state index is 12.6. The van der Waals surface area contributed by atoms with Crippen LogP contribution in [0, 0.1) is 0 Å². The van der Waals surface area contributed by atoms with Crippen LogP contribution in [0.4, 0.5) is 23.8 Å². The average molecular weight is 440 g/mol. The molecule has 1 aliphatic rings. The van der Waals surface area contributed by atoms with E-state index in [0.717, 1.165) is 12.1 Å². The Hall–Kier alpha value is -3.08. The molecule has 2 heterocycles. The summed E-state index contributed by atoms with van der Waals surface area (Å²) in [5.41, 5.74) is 0.286. The second-order valence-electron chi connectivity index (χ2n) is 7.51. The number of carbonyl (C=O) groups excluding carboxylic acids is 2. The van der Waals surface area contributed by atoms with E-state index in [4.69, 9.17) is 9.47 Å². The van der Waals surface area contributed by atoms with E-state index in [9.17, 15) is 22.8 Å². The largest absolute Gasteiger partial charge is 0.444 e. The van der Waals surface area contributed by atoms with Gasteiger partial charge in [0.15, 0.2) is 5.82 Å². The molecule has 168 valence electrons. The van der Waals surface area contributed by atoms with Crippen molar-refractivity contribution in [2.24, 2.45) is 0 Å². The molecule has 0 spiro atoms. The van der Waals surface area contributed by atoms with E-state index in [0.29, 0.717) is 17.7 Å². The molecule has 0 aliphatic carbocycles. The van der Waals surface area contributed by atoms with Crippen LogP contribution in [0.25, 0.3) is 0 Å². The van der Waals surface area contributed by atoms with Crippen molar-refractivity contribution in [3.8, 4) is 0 Å². The number of rotatable bonds is 6. The number of nitrogens with zero attached hydrogens (tertiary/aromatic N) is 1. The minimum absolute atomic E-state index is 0.0352. The number of aromatic amines is 1. The van der Waals surface area contributed by atoms with Crippen LogP contribution in [-0.2, 0) is 26.9 Å². The Labute approximate surface area is 176 Å². The van der Waals surface area contributed by atoms with Crippen molar-refractivity contribution in [1.29, 1.82) is 0 Å². The van der Waals surface area contributed by atoms with Gasteiger partial charge in [-0.2, -0.15) is 18.3 Å². The van der Waals surface area contributed by atoms with Crippen molar-refractivity contribution in [3.63, 3.8) is 0 Å². The summed E-state index contributed by atoms with van der Waals surface area (Å²) >= 11 is 0. The fourth-order valence-electron chi connectivity index (χ4n) is 3.07. The first-order chi connectivity index (χ1) is 14.6. The highest BCUT2D eigenvalue weighted by molar-refractivity contribution is 5.91. The van der Waals surface area contributed by atoms with Gasteiger partial charge in [-0.3, -0.25) is 9.89 Å². The van der Waals surface area contributed by atoms with Crippen LogP contribution in [0.1, 0.15) is 43.2 Å². The molecule has 3 rings (SSSR count). The van der Waals surface area contributed by atoms with Crippen LogP contribution in [0.2, 0.25) is 0 Å². The van der Waals surface area contributed by atoms with Gasteiger partial charge in [-0.25, -0.2) is 4.79 Å². The van der Waals surface area contributed by atoms with E-state index < -0.39 is 29.8 Å². The molecule has 1 aromatic heterocycles. The van der Waals surface area contributed by atoms with Gasteiger partial charge in [-0.05, 0) is 31.5 Å². The van der Waals surface area contributed by atoms with E-state index in [-0.39, 0.29) is 31.0 Å². The minimum atomic E-state index is -4.42. The average Bonchev–Trinajstić information content (AvgIpc) is 3.30. The fraction of sp³-hybridized carbons (Fsp3) is 0.450. The molecule has 8 nitrogen and oxygen atoms in total. The molecule has 2 atom stereocenters. The molecule has 1 fully saturated rings. The van der Waals surface area contributed by atoms with Gasteiger partial charge in [-0.1, -0.05) is 12.1 Å². The zero-order valence-corrected chi connectivity index (χ0v) is 17.0. The third-order valence-electron chi connectivity index (χ3n) is 4.50. The highest BCUT2D eigenvalue weighted by atomic mass is 19.4. The number of anilines is 1. The third-order valence-corrected chi connectivity index (χ3v) is 4.50. The summed E-state index contributed by atoms with van der Waals surface area (Å²) in [5, 5.41) is 12.0. The molecule has 0 saturated carbocycles. The predicted molar refractivity (Wildman–Crippen MR) is 104 cm³/mol. The lowest BCUT2D eigenvalue weighted by Gasteiger charge is -2.13. The van der Waals surface area contributed by atoms with Gasteiger partial charge < -0.3 is 20.1 Å². The summed E-state index contributed by atoms with van der Waals surface area (Å²) in [5.74, 6) is -0.158. The van der Waals surface area contributed by atoms with Gasteiger partial charge in [0.1, 0.15) is 12.2 Å². The molecule has 0 unspecified atom stereocenters. The Kier molecular flexibility index (Phi) is 6.84. The lowest BCUT2D eigenvalue weighted by Crippen LogP contribution is -2.33. The molecule has 1 saturated heterocycles. The number of hydrogen-bond acceptors (Lipinski definition) is 5. The molecule has 0 radical (unpaired) electrons. The van der Waals surface area contributed by atoms with Gasteiger partial charge in [0.25, 0.3) is 0 Å². The van der Waals surface area contributed by atoms with Gasteiger partial charge in [0.05, 0.1) is 24.3 Å². The first kappa shape index (κ1) is 22.6.